The maximum absolute atomic E-state index is 5.98. The summed E-state index contributed by atoms with van der Waals surface area (Å²) < 4.78 is 0. The van der Waals surface area contributed by atoms with Crippen molar-refractivity contribution in [2.45, 2.75) is 20.8 Å². The summed E-state index contributed by atoms with van der Waals surface area (Å²) in [6, 6.07) is 8.34. The lowest BCUT2D eigenvalue weighted by Crippen LogP contribution is -2.03. The van der Waals surface area contributed by atoms with Crippen molar-refractivity contribution in [3.05, 3.63) is 59.1 Å². The van der Waals surface area contributed by atoms with Crippen molar-refractivity contribution in [2.75, 3.05) is 5.73 Å². The molecule has 2 rings (SSSR count). The highest BCUT2D eigenvalue weighted by molar-refractivity contribution is 5.85. The van der Waals surface area contributed by atoms with Crippen LogP contribution in [0.1, 0.15) is 29.3 Å². The molecule has 0 amide bonds. The van der Waals surface area contributed by atoms with Gasteiger partial charge in [-0.25, -0.2) is 9.97 Å². The van der Waals surface area contributed by atoms with Crippen molar-refractivity contribution in [3.63, 3.8) is 0 Å². The Morgan fingerprint density at radius 3 is 2.61 bits per heavy atom. The van der Waals surface area contributed by atoms with Crippen LogP contribution in [0.4, 0.5) is 5.82 Å². The van der Waals surface area contributed by atoms with E-state index in [9.17, 15) is 0 Å². The fourth-order valence-electron chi connectivity index (χ4n) is 2.09. The highest BCUT2D eigenvalue weighted by Gasteiger charge is 2.12. The van der Waals surface area contributed by atoms with Gasteiger partial charge in [-0.2, -0.15) is 0 Å². The maximum Gasteiger partial charge on any atom is 0.134 e. The van der Waals surface area contributed by atoms with E-state index in [0.717, 1.165) is 22.4 Å². The first-order valence-corrected chi connectivity index (χ1v) is 5.94. The van der Waals surface area contributed by atoms with Crippen molar-refractivity contribution in [1.82, 2.24) is 9.97 Å². The fourth-order valence-corrected chi connectivity index (χ4v) is 2.09. The predicted octanol–water partition coefficient (Wildman–Crippen LogP) is 3.13. The molecule has 1 aromatic heterocycles. The summed E-state index contributed by atoms with van der Waals surface area (Å²) in [5.41, 5.74) is 11.2. The van der Waals surface area contributed by atoms with Crippen LogP contribution in [0.5, 0.6) is 0 Å². The fraction of sp³-hybridized carbons (Fsp3) is 0.200. The first-order valence-electron chi connectivity index (χ1n) is 5.94. The van der Waals surface area contributed by atoms with Crippen LogP contribution in [0, 0.1) is 13.8 Å². The Bertz CT molecular complexity index is 580. The number of benzene rings is 1. The van der Waals surface area contributed by atoms with Gasteiger partial charge in [-0.3, -0.25) is 0 Å². The van der Waals surface area contributed by atoms with Crippen molar-refractivity contribution in [1.29, 1.82) is 0 Å². The third-order valence-electron chi connectivity index (χ3n) is 2.95. The minimum atomic E-state index is 0.525. The zero-order valence-corrected chi connectivity index (χ0v) is 10.9. The first kappa shape index (κ1) is 12.3. The molecule has 0 radical (unpaired) electrons. The van der Waals surface area contributed by atoms with Gasteiger partial charge < -0.3 is 5.73 Å². The molecule has 1 heterocycles. The smallest absolute Gasteiger partial charge is 0.134 e. The molecule has 0 saturated carbocycles. The monoisotopic (exact) mass is 239 g/mol. The highest BCUT2D eigenvalue weighted by Crippen LogP contribution is 2.28. The number of hydrogen-bond acceptors (Lipinski definition) is 3. The van der Waals surface area contributed by atoms with Crippen molar-refractivity contribution in [3.8, 4) is 0 Å². The molecule has 0 fully saturated rings. The lowest BCUT2D eigenvalue weighted by molar-refractivity contribution is 1.09. The number of allylic oxidation sites excluding steroid dienone is 1. The van der Waals surface area contributed by atoms with Gasteiger partial charge in [-0.15, -0.1) is 0 Å². The largest absolute Gasteiger partial charge is 0.383 e. The summed E-state index contributed by atoms with van der Waals surface area (Å²) in [5.74, 6) is 0.525. The van der Waals surface area contributed by atoms with E-state index in [1.807, 2.05) is 19.9 Å². The van der Waals surface area contributed by atoms with E-state index in [1.54, 1.807) is 0 Å². The molecule has 0 saturated heterocycles. The lowest BCUT2D eigenvalue weighted by Gasteiger charge is -2.12. The number of nitrogens with two attached hydrogens (primary N) is 1. The van der Waals surface area contributed by atoms with Crippen LogP contribution < -0.4 is 5.73 Å². The van der Waals surface area contributed by atoms with Gasteiger partial charge in [-0.05, 0) is 31.9 Å². The number of hydrogen-bond donors (Lipinski definition) is 1. The van der Waals surface area contributed by atoms with Crippen molar-refractivity contribution >= 4 is 11.4 Å². The minimum absolute atomic E-state index is 0.525. The second kappa shape index (κ2) is 5.00. The average Bonchev–Trinajstić information content (AvgIpc) is 2.34. The Hall–Kier alpha value is -2.16. The SMILES string of the molecule is C/C=C(/c1cccc(C)c1)c1c(C)ncnc1N. The Kier molecular flexibility index (Phi) is 3.42. The Morgan fingerprint density at radius 2 is 2.00 bits per heavy atom. The van der Waals surface area contributed by atoms with Gasteiger partial charge in [0.25, 0.3) is 0 Å². The van der Waals surface area contributed by atoms with Crippen LogP contribution in [-0.4, -0.2) is 9.97 Å². The third-order valence-corrected chi connectivity index (χ3v) is 2.95. The molecular formula is C15H17N3. The number of rotatable bonds is 2. The molecule has 2 N–H and O–H groups in total. The minimum Gasteiger partial charge on any atom is -0.383 e. The molecule has 0 spiro atoms. The predicted molar refractivity (Wildman–Crippen MR) is 75.1 cm³/mol. The standard InChI is InChI=1S/C15H17N3/c1-4-13(12-7-5-6-10(2)8-12)14-11(3)17-9-18-15(14)16/h4-9H,1-3H3,(H2,16,17,18)/b13-4-. The summed E-state index contributed by atoms with van der Waals surface area (Å²) >= 11 is 0. The van der Waals surface area contributed by atoms with Gasteiger partial charge in [0.1, 0.15) is 12.1 Å². The zero-order chi connectivity index (χ0) is 13.1. The average molecular weight is 239 g/mol. The van der Waals surface area contributed by atoms with Gasteiger partial charge in [0, 0.05) is 5.56 Å². The van der Waals surface area contributed by atoms with E-state index < -0.39 is 0 Å². The van der Waals surface area contributed by atoms with E-state index in [0.29, 0.717) is 5.82 Å². The molecule has 0 aliphatic heterocycles. The molecule has 92 valence electrons. The first-order chi connectivity index (χ1) is 8.63. The van der Waals surface area contributed by atoms with E-state index in [1.165, 1.54) is 11.9 Å². The molecule has 1 aromatic carbocycles. The molecular weight excluding hydrogens is 222 g/mol. The summed E-state index contributed by atoms with van der Waals surface area (Å²) in [5, 5.41) is 0. The summed E-state index contributed by atoms with van der Waals surface area (Å²) in [7, 11) is 0. The van der Waals surface area contributed by atoms with Gasteiger partial charge in [-0.1, -0.05) is 35.9 Å². The number of nitrogens with zero attached hydrogens (tertiary/aromatic N) is 2. The summed E-state index contributed by atoms with van der Waals surface area (Å²) in [6.45, 7) is 6.03. The molecule has 3 nitrogen and oxygen atoms in total. The number of aromatic nitrogens is 2. The van der Waals surface area contributed by atoms with Crippen molar-refractivity contribution < 1.29 is 0 Å². The molecule has 0 unspecified atom stereocenters. The molecule has 2 aromatic rings. The van der Waals surface area contributed by atoms with Gasteiger partial charge in [0.05, 0.1) is 5.69 Å². The van der Waals surface area contributed by atoms with E-state index in [2.05, 4.69) is 41.2 Å². The van der Waals surface area contributed by atoms with Crippen LogP contribution in [0.3, 0.4) is 0 Å². The van der Waals surface area contributed by atoms with Gasteiger partial charge >= 0.3 is 0 Å². The second-order valence-electron chi connectivity index (χ2n) is 4.29. The van der Waals surface area contributed by atoms with Crippen LogP contribution >= 0.6 is 0 Å². The lowest BCUT2D eigenvalue weighted by atomic mass is 9.96. The normalized spacial score (nSPS) is 11.6. The van der Waals surface area contributed by atoms with Gasteiger partial charge in [0.15, 0.2) is 0 Å². The Balaban J connectivity index is 2.60. The van der Waals surface area contributed by atoms with Crippen LogP contribution in [-0.2, 0) is 0 Å². The Labute approximate surface area is 107 Å². The van der Waals surface area contributed by atoms with E-state index in [-0.39, 0.29) is 0 Å². The second-order valence-corrected chi connectivity index (χ2v) is 4.29. The molecule has 0 aliphatic carbocycles. The maximum atomic E-state index is 5.98. The van der Waals surface area contributed by atoms with E-state index >= 15 is 0 Å². The van der Waals surface area contributed by atoms with Crippen molar-refractivity contribution in [2.24, 2.45) is 0 Å². The highest BCUT2D eigenvalue weighted by atomic mass is 14.9. The topological polar surface area (TPSA) is 51.8 Å². The quantitative estimate of drug-likeness (QED) is 0.876. The van der Waals surface area contributed by atoms with Crippen LogP contribution in [0.25, 0.3) is 5.57 Å². The number of aryl methyl sites for hydroxylation is 2. The molecule has 3 heteroatoms. The van der Waals surface area contributed by atoms with Crippen LogP contribution in [0.2, 0.25) is 0 Å². The molecule has 18 heavy (non-hydrogen) atoms. The summed E-state index contributed by atoms with van der Waals surface area (Å²) in [6.07, 6.45) is 3.55. The Morgan fingerprint density at radius 1 is 1.22 bits per heavy atom. The molecule has 0 aliphatic rings. The molecule has 0 atom stereocenters. The van der Waals surface area contributed by atoms with Gasteiger partial charge in [0.2, 0.25) is 0 Å². The van der Waals surface area contributed by atoms with E-state index in [4.69, 9.17) is 5.73 Å². The zero-order valence-electron chi connectivity index (χ0n) is 10.9. The number of anilines is 1. The molecule has 0 bridgehead atoms. The summed E-state index contributed by atoms with van der Waals surface area (Å²) in [4.78, 5) is 8.31. The third kappa shape index (κ3) is 2.25. The van der Waals surface area contributed by atoms with Crippen LogP contribution in [0.15, 0.2) is 36.7 Å². The number of nitrogen functional groups attached to an aromatic ring is 1.